The Bertz CT molecular complexity index is 672. The van der Waals surface area contributed by atoms with Crippen molar-refractivity contribution in [2.24, 2.45) is 0 Å². The van der Waals surface area contributed by atoms with Crippen LogP contribution in [0.15, 0.2) is 65.1 Å². The monoisotopic (exact) mass is 375 g/mol. The van der Waals surface area contributed by atoms with Gasteiger partial charge in [0, 0.05) is 16.2 Å². The number of para-hydroxylation sites is 1. The molecule has 0 saturated heterocycles. The molecule has 2 rings (SSSR count). The average molecular weight is 376 g/mol. The second-order valence-corrected chi connectivity index (χ2v) is 5.64. The summed E-state index contributed by atoms with van der Waals surface area (Å²) in [5, 5.41) is 3.27. The number of rotatable bonds is 3. The first-order valence-electron chi connectivity index (χ1n) is 6.49. The molecular weight excluding hydrogens is 362 g/mol. The molecule has 0 aliphatic carbocycles. The van der Waals surface area contributed by atoms with Crippen molar-refractivity contribution in [3.05, 3.63) is 70.7 Å². The maximum Gasteiger partial charge on any atom is 0.262 e. The topological polar surface area (TPSA) is 53.2 Å². The highest BCUT2D eigenvalue weighted by atomic mass is 79.9. The van der Waals surface area contributed by atoms with Crippen LogP contribution in [0.3, 0.4) is 0 Å². The maximum absolute atomic E-state index is 11.7. The lowest BCUT2D eigenvalue weighted by Crippen LogP contribution is -2.43. The molecule has 0 aliphatic heterocycles. The van der Waals surface area contributed by atoms with Gasteiger partial charge in [-0.15, -0.1) is 0 Å². The fraction of sp³-hybridized carbons (Fsp3) is 0. The molecule has 0 saturated carbocycles. The van der Waals surface area contributed by atoms with Gasteiger partial charge >= 0.3 is 0 Å². The van der Waals surface area contributed by atoms with E-state index in [9.17, 15) is 4.79 Å². The van der Waals surface area contributed by atoms with Gasteiger partial charge in [-0.1, -0.05) is 46.3 Å². The second-order valence-electron chi connectivity index (χ2n) is 4.32. The van der Waals surface area contributed by atoms with Crippen LogP contribution in [-0.2, 0) is 4.79 Å². The summed E-state index contributed by atoms with van der Waals surface area (Å²) in [4.78, 5) is 11.7. The molecule has 0 heterocycles. The van der Waals surface area contributed by atoms with Crippen LogP contribution < -0.4 is 16.2 Å². The number of halogens is 1. The first-order valence-corrected chi connectivity index (χ1v) is 7.69. The van der Waals surface area contributed by atoms with Gasteiger partial charge in [0.15, 0.2) is 5.11 Å². The van der Waals surface area contributed by atoms with Crippen molar-refractivity contribution in [3.63, 3.8) is 0 Å². The molecule has 2 aromatic rings. The van der Waals surface area contributed by atoms with E-state index in [0.717, 1.165) is 15.7 Å². The minimum absolute atomic E-state index is 0.292. The number of benzene rings is 2. The van der Waals surface area contributed by atoms with Gasteiger partial charge in [-0.05, 0) is 48.1 Å². The standard InChI is InChI=1S/C16H14BrN3OS/c17-13-9-6-12(7-10-13)8-11-15(21)19-20-16(22)18-14-4-2-1-3-5-14/h1-11H,(H,19,21)(H2,18,20,22)/b11-8+. The molecule has 0 aromatic heterocycles. The highest BCUT2D eigenvalue weighted by Crippen LogP contribution is 2.11. The Morgan fingerprint density at radius 2 is 1.68 bits per heavy atom. The summed E-state index contributed by atoms with van der Waals surface area (Å²) in [5.41, 5.74) is 6.91. The lowest BCUT2D eigenvalue weighted by Gasteiger charge is -2.10. The number of hydrogen-bond acceptors (Lipinski definition) is 2. The Labute approximate surface area is 142 Å². The van der Waals surface area contributed by atoms with Crippen molar-refractivity contribution in [2.75, 3.05) is 5.32 Å². The highest BCUT2D eigenvalue weighted by Gasteiger charge is 1.98. The molecule has 3 N–H and O–H groups in total. The summed E-state index contributed by atoms with van der Waals surface area (Å²) in [6.45, 7) is 0. The quantitative estimate of drug-likeness (QED) is 0.436. The van der Waals surface area contributed by atoms with Gasteiger partial charge in [-0.3, -0.25) is 15.6 Å². The van der Waals surface area contributed by atoms with Gasteiger partial charge in [0.05, 0.1) is 0 Å². The van der Waals surface area contributed by atoms with Gasteiger partial charge in [-0.25, -0.2) is 0 Å². The molecule has 2 aromatic carbocycles. The molecule has 0 aliphatic rings. The van der Waals surface area contributed by atoms with E-state index in [1.807, 2.05) is 54.6 Å². The van der Waals surface area contributed by atoms with Crippen LogP contribution in [0.1, 0.15) is 5.56 Å². The van der Waals surface area contributed by atoms with E-state index < -0.39 is 0 Å². The Kier molecular flexibility index (Phi) is 6.12. The van der Waals surface area contributed by atoms with Gasteiger partial charge in [0.1, 0.15) is 0 Å². The third kappa shape index (κ3) is 5.67. The van der Waals surface area contributed by atoms with E-state index in [1.165, 1.54) is 6.08 Å². The Balaban J connectivity index is 1.77. The molecule has 0 atom stereocenters. The van der Waals surface area contributed by atoms with Gasteiger partial charge in [0.2, 0.25) is 0 Å². The third-order valence-electron chi connectivity index (χ3n) is 2.63. The van der Waals surface area contributed by atoms with E-state index in [-0.39, 0.29) is 5.91 Å². The van der Waals surface area contributed by atoms with Crippen molar-refractivity contribution in [2.45, 2.75) is 0 Å². The van der Waals surface area contributed by atoms with E-state index in [2.05, 4.69) is 32.1 Å². The van der Waals surface area contributed by atoms with Crippen molar-refractivity contribution >= 4 is 50.9 Å². The number of anilines is 1. The molecule has 0 fully saturated rings. The number of thiocarbonyl (C=S) groups is 1. The Morgan fingerprint density at radius 3 is 2.36 bits per heavy atom. The highest BCUT2D eigenvalue weighted by molar-refractivity contribution is 9.10. The molecule has 0 radical (unpaired) electrons. The predicted molar refractivity (Wildman–Crippen MR) is 97.1 cm³/mol. The number of carbonyl (C=O) groups is 1. The Hall–Kier alpha value is -2.18. The van der Waals surface area contributed by atoms with Crippen LogP contribution >= 0.6 is 28.1 Å². The summed E-state index contributed by atoms with van der Waals surface area (Å²) in [6.07, 6.45) is 3.15. The lowest BCUT2D eigenvalue weighted by atomic mass is 10.2. The summed E-state index contributed by atoms with van der Waals surface area (Å²) < 4.78 is 0.994. The zero-order chi connectivity index (χ0) is 15.8. The first-order chi connectivity index (χ1) is 10.6. The van der Waals surface area contributed by atoms with Crippen LogP contribution in [0.2, 0.25) is 0 Å². The van der Waals surface area contributed by atoms with Crippen molar-refractivity contribution < 1.29 is 4.79 Å². The van der Waals surface area contributed by atoms with Crippen LogP contribution in [0.4, 0.5) is 5.69 Å². The number of hydrazine groups is 1. The largest absolute Gasteiger partial charge is 0.331 e. The number of carbonyl (C=O) groups excluding carboxylic acids is 1. The normalized spacial score (nSPS) is 10.2. The maximum atomic E-state index is 11.7. The van der Waals surface area contributed by atoms with E-state index in [4.69, 9.17) is 12.2 Å². The van der Waals surface area contributed by atoms with Crippen molar-refractivity contribution in [3.8, 4) is 0 Å². The fourth-order valence-corrected chi connectivity index (χ4v) is 2.02. The van der Waals surface area contributed by atoms with E-state index in [1.54, 1.807) is 6.08 Å². The minimum Gasteiger partial charge on any atom is -0.331 e. The number of nitrogens with one attached hydrogen (secondary N) is 3. The molecular formula is C16H14BrN3OS. The lowest BCUT2D eigenvalue weighted by molar-refractivity contribution is -0.116. The predicted octanol–water partition coefficient (Wildman–Crippen LogP) is 3.48. The first kappa shape index (κ1) is 16.2. The summed E-state index contributed by atoms with van der Waals surface area (Å²) in [7, 11) is 0. The molecule has 4 nitrogen and oxygen atoms in total. The molecule has 1 amide bonds. The summed E-state index contributed by atoms with van der Waals surface area (Å²) >= 11 is 8.44. The molecule has 0 unspecified atom stereocenters. The molecule has 22 heavy (non-hydrogen) atoms. The summed E-state index contributed by atoms with van der Waals surface area (Å²) in [5.74, 6) is -0.292. The molecule has 6 heteroatoms. The minimum atomic E-state index is -0.292. The van der Waals surface area contributed by atoms with Crippen LogP contribution in [0.5, 0.6) is 0 Å². The van der Waals surface area contributed by atoms with Crippen LogP contribution in [-0.4, -0.2) is 11.0 Å². The average Bonchev–Trinajstić information content (AvgIpc) is 2.53. The van der Waals surface area contributed by atoms with Crippen molar-refractivity contribution in [1.82, 2.24) is 10.9 Å². The zero-order valence-electron chi connectivity index (χ0n) is 11.5. The van der Waals surface area contributed by atoms with Crippen LogP contribution in [0.25, 0.3) is 6.08 Å². The smallest absolute Gasteiger partial charge is 0.262 e. The van der Waals surface area contributed by atoms with Crippen molar-refractivity contribution in [1.29, 1.82) is 0 Å². The van der Waals surface area contributed by atoms with E-state index >= 15 is 0 Å². The number of hydrogen-bond donors (Lipinski definition) is 3. The van der Waals surface area contributed by atoms with Crippen LogP contribution in [0, 0.1) is 0 Å². The Morgan fingerprint density at radius 1 is 1.00 bits per heavy atom. The third-order valence-corrected chi connectivity index (χ3v) is 3.36. The number of amides is 1. The van der Waals surface area contributed by atoms with Gasteiger partial charge in [-0.2, -0.15) is 0 Å². The van der Waals surface area contributed by atoms with Gasteiger partial charge < -0.3 is 5.32 Å². The molecule has 0 spiro atoms. The fourth-order valence-electron chi connectivity index (χ4n) is 1.59. The van der Waals surface area contributed by atoms with E-state index in [0.29, 0.717) is 5.11 Å². The molecule has 0 bridgehead atoms. The summed E-state index contributed by atoms with van der Waals surface area (Å²) in [6, 6.07) is 17.1. The molecule has 112 valence electrons. The van der Waals surface area contributed by atoms with Gasteiger partial charge in [0.25, 0.3) is 5.91 Å². The second kappa shape index (κ2) is 8.31. The zero-order valence-corrected chi connectivity index (χ0v) is 13.9. The SMILES string of the molecule is O=C(/C=C/c1ccc(Br)cc1)NNC(=S)Nc1ccccc1.